The first-order valence-corrected chi connectivity index (χ1v) is 8.92. The van der Waals surface area contributed by atoms with Gasteiger partial charge in [0.1, 0.15) is 5.04 Å². The SMILES string of the molecule is CCC(CC)C1=NN2C(=N)C(=Cc3ccc(C)cc3)C(=O)N=C2S1. The number of amidine groups is 2. The second-order valence-corrected chi connectivity index (χ2v) is 6.87. The molecule has 1 aromatic rings. The van der Waals surface area contributed by atoms with Crippen molar-refractivity contribution in [2.75, 3.05) is 0 Å². The lowest BCUT2D eigenvalue weighted by Gasteiger charge is -2.20. The molecule has 0 spiro atoms. The maximum absolute atomic E-state index is 12.3. The topological polar surface area (TPSA) is 68.9 Å². The van der Waals surface area contributed by atoms with Gasteiger partial charge in [0.2, 0.25) is 5.17 Å². The number of aliphatic imine (C=N–C) groups is 1. The number of rotatable bonds is 4. The van der Waals surface area contributed by atoms with Crippen molar-refractivity contribution in [3.63, 3.8) is 0 Å². The number of hydrogen-bond donors (Lipinski definition) is 1. The number of fused-ring (bicyclic) bond motifs is 1. The lowest BCUT2D eigenvalue weighted by atomic mass is 10.1. The monoisotopic (exact) mass is 340 g/mol. The molecule has 3 rings (SSSR count). The Morgan fingerprint density at radius 2 is 1.92 bits per heavy atom. The van der Waals surface area contributed by atoms with Crippen LogP contribution in [0.4, 0.5) is 0 Å². The van der Waals surface area contributed by atoms with Crippen LogP contribution >= 0.6 is 11.8 Å². The van der Waals surface area contributed by atoms with E-state index in [1.165, 1.54) is 16.8 Å². The van der Waals surface area contributed by atoms with Gasteiger partial charge in [-0.2, -0.15) is 15.1 Å². The second-order valence-electron chi connectivity index (χ2n) is 5.88. The molecule has 0 unspecified atom stereocenters. The Labute approximate surface area is 146 Å². The number of carbonyl (C=O) groups is 1. The third-order valence-electron chi connectivity index (χ3n) is 4.19. The highest BCUT2D eigenvalue weighted by Crippen LogP contribution is 2.32. The zero-order valence-electron chi connectivity index (χ0n) is 14.0. The summed E-state index contributed by atoms with van der Waals surface area (Å²) in [5.41, 5.74) is 2.30. The van der Waals surface area contributed by atoms with Crippen molar-refractivity contribution < 1.29 is 4.79 Å². The molecule has 1 aromatic carbocycles. The first-order valence-electron chi connectivity index (χ1n) is 8.10. The normalized spacial score (nSPS) is 19.0. The third kappa shape index (κ3) is 3.06. The second kappa shape index (κ2) is 6.73. The van der Waals surface area contributed by atoms with Crippen molar-refractivity contribution in [3.05, 3.63) is 41.0 Å². The summed E-state index contributed by atoms with van der Waals surface area (Å²) in [5, 5.41) is 15.8. The van der Waals surface area contributed by atoms with Crippen LogP contribution in [0.3, 0.4) is 0 Å². The van der Waals surface area contributed by atoms with E-state index >= 15 is 0 Å². The molecule has 0 aliphatic carbocycles. The van der Waals surface area contributed by atoms with Crippen LogP contribution in [0.15, 0.2) is 39.9 Å². The fourth-order valence-corrected chi connectivity index (χ4v) is 3.80. The van der Waals surface area contributed by atoms with Crippen molar-refractivity contribution in [1.82, 2.24) is 5.01 Å². The summed E-state index contributed by atoms with van der Waals surface area (Å²) < 4.78 is 0. The molecule has 24 heavy (non-hydrogen) atoms. The first kappa shape index (κ1) is 16.6. The molecule has 2 heterocycles. The van der Waals surface area contributed by atoms with Gasteiger partial charge in [0, 0.05) is 5.92 Å². The molecule has 1 amide bonds. The maximum atomic E-state index is 12.3. The molecule has 0 saturated carbocycles. The molecule has 0 fully saturated rings. The smallest absolute Gasteiger partial charge is 0.282 e. The minimum Gasteiger partial charge on any atom is -0.282 e. The van der Waals surface area contributed by atoms with Crippen LogP contribution < -0.4 is 0 Å². The number of thioether (sulfide) groups is 1. The summed E-state index contributed by atoms with van der Waals surface area (Å²) in [5.74, 6) is 0.0649. The number of aryl methyl sites for hydroxylation is 1. The summed E-state index contributed by atoms with van der Waals surface area (Å²) in [6.07, 6.45) is 3.67. The number of benzene rings is 1. The Balaban J connectivity index is 1.93. The quantitative estimate of drug-likeness (QED) is 0.841. The molecule has 0 bridgehead atoms. The van der Waals surface area contributed by atoms with Crippen molar-refractivity contribution in [3.8, 4) is 0 Å². The zero-order chi connectivity index (χ0) is 17.3. The number of hydrogen-bond acceptors (Lipinski definition) is 4. The molecule has 0 radical (unpaired) electrons. The van der Waals surface area contributed by atoms with Gasteiger partial charge in [-0.15, -0.1) is 0 Å². The van der Waals surface area contributed by atoms with Crippen LogP contribution in [0.2, 0.25) is 0 Å². The summed E-state index contributed by atoms with van der Waals surface area (Å²) in [6, 6.07) is 7.82. The predicted molar refractivity (Wildman–Crippen MR) is 100 cm³/mol. The number of amides is 1. The molecular weight excluding hydrogens is 320 g/mol. The molecule has 124 valence electrons. The predicted octanol–water partition coefficient (Wildman–Crippen LogP) is 4.05. The fourth-order valence-electron chi connectivity index (χ4n) is 2.64. The summed E-state index contributed by atoms with van der Waals surface area (Å²) in [7, 11) is 0. The molecule has 2 aliphatic heterocycles. The van der Waals surface area contributed by atoms with E-state index in [-0.39, 0.29) is 17.3 Å². The standard InChI is InChI=1S/C18H20N4OS/c1-4-13(5-2)17-21-22-15(19)14(16(23)20-18(22)24-17)10-12-8-6-11(3)7-9-12/h6-10,13,19H,4-5H2,1-3H3. The first-order chi connectivity index (χ1) is 11.5. The summed E-state index contributed by atoms with van der Waals surface area (Å²) in [6.45, 7) is 6.25. The van der Waals surface area contributed by atoms with E-state index in [1.54, 1.807) is 6.08 Å². The van der Waals surface area contributed by atoms with Gasteiger partial charge < -0.3 is 0 Å². The van der Waals surface area contributed by atoms with Crippen LogP contribution in [0, 0.1) is 18.3 Å². The van der Waals surface area contributed by atoms with E-state index in [4.69, 9.17) is 5.41 Å². The van der Waals surface area contributed by atoms with Crippen molar-refractivity contribution in [2.45, 2.75) is 33.6 Å². The highest BCUT2D eigenvalue weighted by molar-refractivity contribution is 8.27. The van der Waals surface area contributed by atoms with E-state index in [2.05, 4.69) is 23.9 Å². The Morgan fingerprint density at radius 1 is 1.25 bits per heavy atom. The average Bonchev–Trinajstić information content (AvgIpc) is 2.98. The van der Waals surface area contributed by atoms with Crippen LogP contribution in [0.25, 0.3) is 6.08 Å². The third-order valence-corrected chi connectivity index (χ3v) is 5.26. The largest absolute Gasteiger partial charge is 0.283 e. The Kier molecular flexibility index (Phi) is 4.66. The van der Waals surface area contributed by atoms with Gasteiger partial charge in [0.05, 0.1) is 5.57 Å². The van der Waals surface area contributed by atoms with Crippen molar-refractivity contribution in [2.24, 2.45) is 16.0 Å². The fraction of sp³-hybridized carbons (Fsp3) is 0.333. The van der Waals surface area contributed by atoms with Gasteiger partial charge in [-0.3, -0.25) is 10.2 Å². The minimum atomic E-state index is -0.375. The molecule has 1 N–H and O–H groups in total. The minimum absolute atomic E-state index is 0.0963. The molecule has 2 aliphatic rings. The van der Waals surface area contributed by atoms with Gasteiger partial charge in [0.25, 0.3) is 5.91 Å². The molecular formula is C18H20N4OS. The number of hydrazone groups is 1. The van der Waals surface area contributed by atoms with E-state index in [0.29, 0.717) is 11.1 Å². The van der Waals surface area contributed by atoms with E-state index in [0.717, 1.165) is 29.0 Å². The van der Waals surface area contributed by atoms with E-state index < -0.39 is 0 Å². The summed E-state index contributed by atoms with van der Waals surface area (Å²) >= 11 is 1.41. The van der Waals surface area contributed by atoms with Crippen molar-refractivity contribution in [1.29, 1.82) is 5.41 Å². The molecule has 0 atom stereocenters. The molecule has 0 saturated heterocycles. The van der Waals surface area contributed by atoms with E-state index in [1.807, 2.05) is 31.2 Å². The molecule has 5 nitrogen and oxygen atoms in total. The zero-order valence-corrected chi connectivity index (χ0v) is 14.9. The highest BCUT2D eigenvalue weighted by Gasteiger charge is 2.36. The van der Waals surface area contributed by atoms with Gasteiger partial charge in [-0.05, 0) is 43.2 Å². The van der Waals surface area contributed by atoms with Crippen LogP contribution in [0.5, 0.6) is 0 Å². The van der Waals surface area contributed by atoms with Gasteiger partial charge in [-0.25, -0.2) is 0 Å². The lowest BCUT2D eigenvalue weighted by Crippen LogP contribution is -2.35. The molecule has 0 aromatic heterocycles. The van der Waals surface area contributed by atoms with Crippen LogP contribution in [0.1, 0.15) is 37.8 Å². The average molecular weight is 340 g/mol. The Bertz CT molecular complexity index is 773. The Morgan fingerprint density at radius 3 is 2.54 bits per heavy atom. The van der Waals surface area contributed by atoms with Gasteiger partial charge >= 0.3 is 0 Å². The van der Waals surface area contributed by atoms with Crippen molar-refractivity contribution >= 4 is 39.8 Å². The van der Waals surface area contributed by atoms with Crippen LogP contribution in [-0.2, 0) is 4.79 Å². The highest BCUT2D eigenvalue weighted by atomic mass is 32.2. The number of carbonyl (C=O) groups excluding carboxylic acids is 1. The lowest BCUT2D eigenvalue weighted by molar-refractivity contribution is -0.114. The molecule has 6 heteroatoms. The van der Waals surface area contributed by atoms with Gasteiger partial charge in [0.15, 0.2) is 5.84 Å². The number of nitrogens with zero attached hydrogens (tertiary/aromatic N) is 3. The summed E-state index contributed by atoms with van der Waals surface area (Å²) in [4.78, 5) is 16.5. The van der Waals surface area contributed by atoms with Crippen LogP contribution in [-0.4, -0.2) is 27.0 Å². The van der Waals surface area contributed by atoms with E-state index in [9.17, 15) is 4.79 Å². The van der Waals surface area contributed by atoms with Gasteiger partial charge in [-0.1, -0.05) is 43.7 Å². The number of nitrogens with one attached hydrogen (secondary N) is 1. The maximum Gasteiger partial charge on any atom is 0.283 e. The Hall–Kier alpha value is -2.21.